The van der Waals surface area contributed by atoms with Gasteiger partial charge in [0.1, 0.15) is 5.82 Å². The molecule has 0 radical (unpaired) electrons. The summed E-state index contributed by atoms with van der Waals surface area (Å²) in [4.78, 5) is 3.92. The number of anilines is 1. The molecular weight excluding hydrogens is 154 g/mol. The van der Waals surface area contributed by atoms with Gasteiger partial charge in [-0.2, -0.15) is 0 Å². The molecule has 0 aliphatic carbocycles. The van der Waals surface area contributed by atoms with Crippen molar-refractivity contribution in [3.8, 4) is 0 Å². The third kappa shape index (κ3) is 2.92. The maximum Gasteiger partial charge on any atom is 0.141 e. The predicted molar refractivity (Wildman–Crippen MR) is 47.7 cm³/mol. The van der Waals surface area contributed by atoms with Crippen LogP contribution in [-0.2, 0) is 11.3 Å². The molecule has 12 heavy (non-hydrogen) atoms. The monoisotopic (exact) mass is 169 g/mol. The van der Waals surface area contributed by atoms with Gasteiger partial charge in [0, 0.05) is 26.0 Å². The van der Waals surface area contributed by atoms with Crippen LogP contribution in [0, 0.1) is 0 Å². The van der Waals surface area contributed by atoms with E-state index >= 15 is 0 Å². The van der Waals surface area contributed by atoms with E-state index in [-0.39, 0.29) is 0 Å². The summed E-state index contributed by atoms with van der Waals surface area (Å²) in [6.07, 6.45) is 4.57. The van der Waals surface area contributed by atoms with Gasteiger partial charge in [0.25, 0.3) is 0 Å². The van der Waals surface area contributed by atoms with Gasteiger partial charge in [-0.05, 0) is 13.3 Å². The molecule has 2 N–H and O–H groups in total. The molecule has 1 rings (SSSR count). The van der Waals surface area contributed by atoms with E-state index in [2.05, 4.69) is 4.98 Å². The molecule has 0 atom stereocenters. The lowest BCUT2D eigenvalue weighted by molar-refractivity contribution is 0.141. The van der Waals surface area contributed by atoms with Crippen molar-refractivity contribution < 1.29 is 4.74 Å². The van der Waals surface area contributed by atoms with Crippen molar-refractivity contribution in [3.05, 3.63) is 12.5 Å². The minimum atomic E-state index is 0.575. The number of rotatable bonds is 5. The van der Waals surface area contributed by atoms with Crippen molar-refractivity contribution in [1.82, 2.24) is 9.55 Å². The summed E-state index contributed by atoms with van der Waals surface area (Å²) in [7, 11) is 0. The largest absolute Gasteiger partial charge is 0.382 e. The fraction of sp³-hybridized carbons (Fsp3) is 0.625. The average molecular weight is 169 g/mol. The van der Waals surface area contributed by atoms with Crippen LogP contribution in [0.5, 0.6) is 0 Å². The van der Waals surface area contributed by atoms with Crippen LogP contribution in [0.4, 0.5) is 5.82 Å². The van der Waals surface area contributed by atoms with Gasteiger partial charge < -0.3 is 15.0 Å². The van der Waals surface area contributed by atoms with Crippen molar-refractivity contribution in [2.45, 2.75) is 19.9 Å². The third-order valence-electron chi connectivity index (χ3n) is 1.56. The zero-order valence-corrected chi connectivity index (χ0v) is 7.36. The van der Waals surface area contributed by atoms with Crippen LogP contribution in [0.1, 0.15) is 13.3 Å². The zero-order valence-electron chi connectivity index (χ0n) is 7.36. The first kappa shape index (κ1) is 9.06. The van der Waals surface area contributed by atoms with Crippen LogP contribution in [0.3, 0.4) is 0 Å². The van der Waals surface area contributed by atoms with Gasteiger partial charge in [-0.1, -0.05) is 0 Å². The van der Waals surface area contributed by atoms with E-state index in [0.29, 0.717) is 5.82 Å². The second-order valence-corrected chi connectivity index (χ2v) is 2.59. The van der Waals surface area contributed by atoms with Crippen LogP contribution in [-0.4, -0.2) is 22.8 Å². The predicted octanol–water partition coefficient (Wildman–Crippen LogP) is 0.892. The van der Waals surface area contributed by atoms with E-state index in [4.69, 9.17) is 10.5 Å². The summed E-state index contributed by atoms with van der Waals surface area (Å²) in [5, 5.41) is 0. The topological polar surface area (TPSA) is 53.1 Å². The Hall–Kier alpha value is -1.03. The van der Waals surface area contributed by atoms with E-state index in [1.165, 1.54) is 0 Å². The van der Waals surface area contributed by atoms with Gasteiger partial charge in [0.05, 0.1) is 6.33 Å². The lowest BCUT2D eigenvalue weighted by Gasteiger charge is -2.01. The van der Waals surface area contributed by atoms with Gasteiger partial charge in [0.15, 0.2) is 0 Å². The van der Waals surface area contributed by atoms with E-state index in [1.807, 2.05) is 17.7 Å². The Kier molecular flexibility index (Phi) is 3.60. The van der Waals surface area contributed by atoms with Crippen molar-refractivity contribution >= 4 is 5.82 Å². The molecule has 0 bridgehead atoms. The summed E-state index contributed by atoms with van der Waals surface area (Å²) < 4.78 is 7.16. The maximum atomic E-state index is 5.45. The first-order valence-corrected chi connectivity index (χ1v) is 4.18. The number of hydrogen-bond acceptors (Lipinski definition) is 3. The van der Waals surface area contributed by atoms with Gasteiger partial charge in [-0.15, -0.1) is 0 Å². The van der Waals surface area contributed by atoms with Crippen LogP contribution in [0.25, 0.3) is 0 Å². The number of nitrogen functional groups attached to an aromatic ring is 1. The first-order valence-electron chi connectivity index (χ1n) is 4.18. The first-order chi connectivity index (χ1) is 5.83. The molecule has 0 unspecified atom stereocenters. The summed E-state index contributed by atoms with van der Waals surface area (Å²) in [5.41, 5.74) is 5.45. The van der Waals surface area contributed by atoms with Gasteiger partial charge >= 0.3 is 0 Å². The van der Waals surface area contributed by atoms with Gasteiger partial charge in [0.2, 0.25) is 0 Å². The molecule has 0 aromatic carbocycles. The Labute approximate surface area is 72.3 Å². The quantitative estimate of drug-likeness (QED) is 0.666. The number of nitrogens with two attached hydrogens (primary N) is 1. The third-order valence-corrected chi connectivity index (χ3v) is 1.56. The number of nitrogens with zero attached hydrogens (tertiary/aromatic N) is 2. The SMILES string of the molecule is CCOCCCn1cnc(N)c1. The maximum absolute atomic E-state index is 5.45. The molecular formula is C8H15N3O. The lowest BCUT2D eigenvalue weighted by atomic mass is 10.4. The molecule has 0 aliphatic rings. The highest BCUT2D eigenvalue weighted by atomic mass is 16.5. The smallest absolute Gasteiger partial charge is 0.141 e. The number of aromatic nitrogens is 2. The molecule has 0 spiro atoms. The highest BCUT2D eigenvalue weighted by Gasteiger charge is 1.93. The van der Waals surface area contributed by atoms with E-state index < -0.39 is 0 Å². The Morgan fingerprint density at radius 1 is 1.67 bits per heavy atom. The van der Waals surface area contributed by atoms with Gasteiger partial charge in [-0.25, -0.2) is 4.98 Å². The van der Waals surface area contributed by atoms with Crippen molar-refractivity contribution in [2.24, 2.45) is 0 Å². The highest BCUT2D eigenvalue weighted by molar-refractivity contribution is 5.22. The fourth-order valence-electron chi connectivity index (χ4n) is 0.993. The Morgan fingerprint density at radius 3 is 3.08 bits per heavy atom. The molecule has 1 aromatic rings. The Bertz CT molecular complexity index is 222. The number of imidazole rings is 1. The molecule has 4 nitrogen and oxygen atoms in total. The zero-order chi connectivity index (χ0) is 8.81. The summed E-state index contributed by atoms with van der Waals surface area (Å²) in [5.74, 6) is 0.575. The van der Waals surface area contributed by atoms with Crippen LogP contribution in [0.2, 0.25) is 0 Å². The lowest BCUT2D eigenvalue weighted by Crippen LogP contribution is -2.00. The molecule has 68 valence electrons. The molecule has 1 aromatic heterocycles. The van der Waals surface area contributed by atoms with Crippen molar-refractivity contribution in [2.75, 3.05) is 18.9 Å². The molecule has 0 fully saturated rings. The van der Waals surface area contributed by atoms with Crippen LogP contribution >= 0.6 is 0 Å². The molecule has 4 heteroatoms. The molecule has 0 saturated heterocycles. The van der Waals surface area contributed by atoms with Crippen LogP contribution in [0.15, 0.2) is 12.5 Å². The van der Waals surface area contributed by atoms with E-state index in [1.54, 1.807) is 6.33 Å². The normalized spacial score (nSPS) is 10.4. The molecule has 1 heterocycles. The van der Waals surface area contributed by atoms with Crippen molar-refractivity contribution in [3.63, 3.8) is 0 Å². The molecule has 0 amide bonds. The minimum absolute atomic E-state index is 0.575. The number of aryl methyl sites for hydroxylation is 1. The van der Waals surface area contributed by atoms with E-state index in [0.717, 1.165) is 26.2 Å². The highest BCUT2D eigenvalue weighted by Crippen LogP contribution is 1.97. The standard InChI is InChI=1S/C8H15N3O/c1-2-12-5-3-4-11-6-8(9)10-7-11/h6-7H,2-5,9H2,1H3. The minimum Gasteiger partial charge on any atom is -0.382 e. The van der Waals surface area contributed by atoms with E-state index in [9.17, 15) is 0 Å². The summed E-state index contributed by atoms with van der Waals surface area (Å²) in [6.45, 7) is 4.50. The second-order valence-electron chi connectivity index (χ2n) is 2.59. The van der Waals surface area contributed by atoms with Gasteiger partial charge in [-0.3, -0.25) is 0 Å². The average Bonchev–Trinajstić information content (AvgIpc) is 2.45. The fourth-order valence-corrected chi connectivity index (χ4v) is 0.993. The number of ether oxygens (including phenoxy) is 1. The van der Waals surface area contributed by atoms with Crippen LogP contribution < -0.4 is 5.73 Å². The molecule has 0 saturated carbocycles. The Morgan fingerprint density at radius 2 is 2.50 bits per heavy atom. The van der Waals surface area contributed by atoms with Crippen molar-refractivity contribution in [1.29, 1.82) is 0 Å². The second kappa shape index (κ2) is 4.77. The Balaban J connectivity index is 2.15. The summed E-state index contributed by atoms with van der Waals surface area (Å²) in [6, 6.07) is 0. The number of hydrogen-bond donors (Lipinski definition) is 1. The molecule has 0 aliphatic heterocycles. The summed E-state index contributed by atoms with van der Waals surface area (Å²) >= 11 is 0.